The van der Waals surface area contributed by atoms with Crippen LogP contribution in [0.15, 0.2) is 24.3 Å². The molecule has 0 bridgehead atoms. The highest BCUT2D eigenvalue weighted by Gasteiger charge is 2.35. The van der Waals surface area contributed by atoms with E-state index in [1.165, 1.54) is 4.90 Å². The molecule has 3 N–H and O–H groups in total. The Bertz CT molecular complexity index is 404. The number of aliphatic hydroxyl groups excluding tert-OH is 1. The highest BCUT2D eigenvalue weighted by Crippen LogP contribution is 2.27. The molecule has 1 aromatic carbocycles. The number of hydrogen-bond donors (Lipinski definition) is 2. The monoisotopic (exact) mass is 290 g/mol. The van der Waals surface area contributed by atoms with Crippen LogP contribution in [0.3, 0.4) is 0 Å². The number of rotatable bonds is 6. The minimum absolute atomic E-state index is 0.0698. The summed E-state index contributed by atoms with van der Waals surface area (Å²) in [6.07, 6.45) is -4.33. The summed E-state index contributed by atoms with van der Waals surface area (Å²) in [7, 11) is 0. The predicted octanol–water partition coefficient (Wildman–Crippen LogP) is 2.24. The Kier molecular flexibility index (Phi) is 5.98. The average molecular weight is 290 g/mol. The minimum Gasteiger partial charge on any atom is -0.395 e. The van der Waals surface area contributed by atoms with E-state index in [0.717, 1.165) is 11.1 Å². The van der Waals surface area contributed by atoms with Gasteiger partial charge in [-0.3, -0.25) is 4.90 Å². The fourth-order valence-corrected chi connectivity index (χ4v) is 2.29. The third-order valence-electron chi connectivity index (χ3n) is 3.08. The first-order valence-electron chi connectivity index (χ1n) is 6.48. The number of alkyl halides is 3. The van der Waals surface area contributed by atoms with Gasteiger partial charge >= 0.3 is 6.18 Å². The van der Waals surface area contributed by atoms with Crippen LogP contribution in [0, 0.1) is 6.92 Å². The summed E-state index contributed by atoms with van der Waals surface area (Å²) in [5, 5.41) is 9.01. The molecule has 0 radical (unpaired) electrons. The zero-order chi connectivity index (χ0) is 15.3. The van der Waals surface area contributed by atoms with E-state index in [9.17, 15) is 13.2 Å². The van der Waals surface area contributed by atoms with Gasteiger partial charge in [-0.15, -0.1) is 0 Å². The SMILES string of the molecule is Cc1ccc(C(C(C)N)N(CCO)CC(F)(F)F)cc1. The van der Waals surface area contributed by atoms with Crippen LogP contribution in [0.25, 0.3) is 0 Å². The summed E-state index contributed by atoms with van der Waals surface area (Å²) < 4.78 is 38.0. The number of benzene rings is 1. The quantitative estimate of drug-likeness (QED) is 0.845. The summed E-state index contributed by atoms with van der Waals surface area (Å²) in [4.78, 5) is 1.18. The zero-order valence-corrected chi connectivity index (χ0v) is 11.7. The summed E-state index contributed by atoms with van der Waals surface area (Å²) in [5.41, 5.74) is 7.62. The number of halogens is 3. The van der Waals surface area contributed by atoms with Crippen molar-refractivity contribution in [2.45, 2.75) is 32.1 Å². The Morgan fingerprint density at radius 2 is 1.80 bits per heavy atom. The molecule has 0 aliphatic rings. The van der Waals surface area contributed by atoms with E-state index in [1.54, 1.807) is 19.1 Å². The molecule has 3 nitrogen and oxygen atoms in total. The lowest BCUT2D eigenvalue weighted by Gasteiger charge is -2.34. The first-order chi connectivity index (χ1) is 9.24. The molecule has 0 spiro atoms. The minimum atomic E-state index is -4.33. The van der Waals surface area contributed by atoms with E-state index in [2.05, 4.69) is 0 Å². The fourth-order valence-electron chi connectivity index (χ4n) is 2.29. The van der Waals surface area contributed by atoms with Gasteiger partial charge in [0.1, 0.15) is 0 Å². The second kappa shape index (κ2) is 7.06. The van der Waals surface area contributed by atoms with Crippen LogP contribution < -0.4 is 5.73 Å². The number of nitrogens with zero attached hydrogens (tertiary/aromatic N) is 1. The Morgan fingerprint density at radius 1 is 1.25 bits per heavy atom. The lowest BCUT2D eigenvalue weighted by atomic mass is 9.98. The van der Waals surface area contributed by atoms with Crippen LogP contribution in [-0.2, 0) is 0 Å². The van der Waals surface area contributed by atoms with Crippen LogP contribution in [0.1, 0.15) is 24.1 Å². The van der Waals surface area contributed by atoms with Gasteiger partial charge in [-0.2, -0.15) is 13.2 Å². The Morgan fingerprint density at radius 3 is 2.20 bits per heavy atom. The first-order valence-corrected chi connectivity index (χ1v) is 6.48. The van der Waals surface area contributed by atoms with Gasteiger partial charge in [0.25, 0.3) is 0 Å². The van der Waals surface area contributed by atoms with Gasteiger partial charge in [-0.1, -0.05) is 29.8 Å². The number of aryl methyl sites for hydroxylation is 1. The third kappa shape index (κ3) is 5.11. The lowest BCUT2D eigenvalue weighted by molar-refractivity contribution is -0.153. The average Bonchev–Trinajstić information content (AvgIpc) is 2.29. The molecule has 1 rings (SSSR count). The van der Waals surface area contributed by atoms with Crippen LogP contribution >= 0.6 is 0 Å². The van der Waals surface area contributed by atoms with E-state index in [1.807, 2.05) is 19.1 Å². The number of nitrogens with two attached hydrogens (primary N) is 1. The van der Waals surface area contributed by atoms with Crippen molar-refractivity contribution >= 4 is 0 Å². The van der Waals surface area contributed by atoms with Gasteiger partial charge in [0, 0.05) is 12.6 Å². The second-order valence-electron chi connectivity index (χ2n) is 5.02. The molecule has 0 aliphatic carbocycles. The molecule has 2 unspecified atom stereocenters. The molecule has 0 saturated heterocycles. The molecule has 0 heterocycles. The van der Waals surface area contributed by atoms with E-state index in [4.69, 9.17) is 10.8 Å². The van der Waals surface area contributed by atoms with Crippen LogP contribution in [0.2, 0.25) is 0 Å². The van der Waals surface area contributed by atoms with Crippen LogP contribution in [-0.4, -0.2) is 41.9 Å². The second-order valence-corrected chi connectivity index (χ2v) is 5.02. The molecule has 20 heavy (non-hydrogen) atoms. The molecule has 0 aliphatic heterocycles. The Balaban J connectivity index is 3.04. The summed E-state index contributed by atoms with van der Waals surface area (Å²) in [6.45, 7) is 2.08. The van der Waals surface area contributed by atoms with Crippen molar-refractivity contribution in [2.75, 3.05) is 19.7 Å². The molecule has 0 saturated carbocycles. The van der Waals surface area contributed by atoms with E-state index < -0.39 is 24.8 Å². The van der Waals surface area contributed by atoms with Crippen molar-refractivity contribution in [3.05, 3.63) is 35.4 Å². The Labute approximate surface area is 117 Å². The maximum atomic E-state index is 12.7. The lowest BCUT2D eigenvalue weighted by Crippen LogP contribution is -2.45. The van der Waals surface area contributed by atoms with Crippen molar-refractivity contribution < 1.29 is 18.3 Å². The third-order valence-corrected chi connectivity index (χ3v) is 3.08. The van der Waals surface area contributed by atoms with Gasteiger partial charge in [-0.05, 0) is 19.4 Å². The number of hydrogen-bond acceptors (Lipinski definition) is 3. The van der Waals surface area contributed by atoms with Crippen molar-refractivity contribution in [2.24, 2.45) is 5.73 Å². The highest BCUT2D eigenvalue weighted by molar-refractivity contribution is 5.25. The van der Waals surface area contributed by atoms with E-state index >= 15 is 0 Å². The van der Waals surface area contributed by atoms with Gasteiger partial charge in [0.15, 0.2) is 0 Å². The van der Waals surface area contributed by atoms with Gasteiger partial charge in [-0.25, -0.2) is 0 Å². The molecule has 2 atom stereocenters. The summed E-state index contributed by atoms with van der Waals surface area (Å²) in [6, 6.07) is 6.19. The summed E-state index contributed by atoms with van der Waals surface area (Å²) in [5.74, 6) is 0. The Hall–Kier alpha value is -1.11. The fraction of sp³-hybridized carbons (Fsp3) is 0.571. The molecule has 0 aromatic heterocycles. The summed E-state index contributed by atoms with van der Waals surface area (Å²) >= 11 is 0. The van der Waals surface area contributed by atoms with Crippen molar-refractivity contribution in [1.29, 1.82) is 0 Å². The standard InChI is InChI=1S/C14H21F3N2O/c1-10-3-5-12(6-4-10)13(11(2)18)19(7-8-20)9-14(15,16)17/h3-6,11,13,20H,7-9,18H2,1-2H3. The molecule has 114 valence electrons. The van der Waals surface area contributed by atoms with Crippen molar-refractivity contribution in [1.82, 2.24) is 4.90 Å². The van der Waals surface area contributed by atoms with E-state index in [0.29, 0.717) is 0 Å². The molecule has 6 heteroatoms. The predicted molar refractivity (Wildman–Crippen MR) is 72.3 cm³/mol. The molecule has 1 aromatic rings. The molecule has 0 fully saturated rings. The largest absolute Gasteiger partial charge is 0.401 e. The first kappa shape index (κ1) is 16.9. The molecular formula is C14H21F3N2O. The molecule has 0 amide bonds. The van der Waals surface area contributed by atoms with Crippen LogP contribution in [0.4, 0.5) is 13.2 Å². The normalized spacial score (nSPS) is 15.4. The van der Waals surface area contributed by atoms with Gasteiger partial charge in [0.05, 0.1) is 19.2 Å². The van der Waals surface area contributed by atoms with Crippen molar-refractivity contribution in [3.8, 4) is 0 Å². The van der Waals surface area contributed by atoms with E-state index in [-0.39, 0.29) is 13.2 Å². The maximum absolute atomic E-state index is 12.7. The smallest absolute Gasteiger partial charge is 0.395 e. The van der Waals surface area contributed by atoms with Gasteiger partial charge < -0.3 is 10.8 Å². The zero-order valence-electron chi connectivity index (χ0n) is 11.7. The molecular weight excluding hydrogens is 269 g/mol. The number of aliphatic hydroxyl groups is 1. The van der Waals surface area contributed by atoms with Crippen molar-refractivity contribution in [3.63, 3.8) is 0 Å². The van der Waals surface area contributed by atoms with Gasteiger partial charge in [0.2, 0.25) is 0 Å². The topological polar surface area (TPSA) is 49.5 Å². The van der Waals surface area contributed by atoms with Crippen LogP contribution in [0.5, 0.6) is 0 Å². The maximum Gasteiger partial charge on any atom is 0.401 e. The highest BCUT2D eigenvalue weighted by atomic mass is 19.4.